The number of nitrogens with zero attached hydrogens (tertiary/aromatic N) is 5. The zero-order chi connectivity index (χ0) is 24.9. The molecule has 0 spiro atoms. The number of aromatic nitrogens is 3. The zero-order valence-electron chi connectivity index (χ0n) is 20.1. The van der Waals surface area contributed by atoms with Crippen molar-refractivity contribution < 1.29 is 4.74 Å². The van der Waals surface area contributed by atoms with E-state index in [4.69, 9.17) is 10.5 Å². The molecule has 3 aromatic rings. The predicted molar refractivity (Wildman–Crippen MR) is 140 cm³/mol. The summed E-state index contributed by atoms with van der Waals surface area (Å²) in [5.74, 6) is 2.01. The number of pyridine rings is 1. The first-order valence-corrected chi connectivity index (χ1v) is 11.5. The number of nitrogens with two attached hydrogens (primary N) is 1. The Balaban J connectivity index is 1.48. The van der Waals surface area contributed by atoms with Crippen LogP contribution in [0.3, 0.4) is 0 Å². The largest absolute Gasteiger partial charge is 0.487 e. The summed E-state index contributed by atoms with van der Waals surface area (Å²) < 4.78 is 9.11. The van der Waals surface area contributed by atoms with E-state index in [1.807, 2.05) is 31.2 Å². The Bertz CT molecular complexity index is 1300. The second-order valence-corrected chi connectivity index (χ2v) is 8.38. The van der Waals surface area contributed by atoms with Crippen molar-refractivity contribution in [3.63, 3.8) is 0 Å². The van der Waals surface area contributed by atoms with Crippen molar-refractivity contribution in [1.82, 2.24) is 19.2 Å². The molecule has 1 fully saturated rings. The smallest absolute Gasteiger partial charge is 0.278 e. The molecule has 3 N–H and O–H groups in total. The highest BCUT2D eigenvalue weighted by molar-refractivity contribution is 5.86. The Hall–Kier alpha value is -4.11. The van der Waals surface area contributed by atoms with Crippen LogP contribution < -0.4 is 21.3 Å². The fraction of sp³-hybridized carbons (Fsp3) is 0.269. The summed E-state index contributed by atoms with van der Waals surface area (Å²) >= 11 is 0. The molecule has 4 rings (SSSR count). The van der Waals surface area contributed by atoms with Crippen LogP contribution >= 0.6 is 0 Å². The summed E-state index contributed by atoms with van der Waals surface area (Å²) in [6.45, 7) is 15.1. The highest BCUT2D eigenvalue weighted by atomic mass is 16.5. The van der Waals surface area contributed by atoms with E-state index in [1.54, 1.807) is 29.1 Å². The molecule has 1 aliphatic rings. The Morgan fingerprint density at radius 3 is 2.80 bits per heavy atom. The Morgan fingerprint density at radius 2 is 2.14 bits per heavy atom. The lowest BCUT2D eigenvalue weighted by Gasteiger charge is -2.38. The number of rotatable bonds is 10. The third-order valence-corrected chi connectivity index (χ3v) is 5.86. The van der Waals surface area contributed by atoms with E-state index in [0.29, 0.717) is 11.6 Å². The van der Waals surface area contributed by atoms with Gasteiger partial charge >= 0.3 is 0 Å². The summed E-state index contributed by atoms with van der Waals surface area (Å²) in [7, 11) is 0. The number of aryl methyl sites for hydroxylation is 1. The third-order valence-electron chi connectivity index (χ3n) is 5.86. The van der Waals surface area contributed by atoms with Crippen molar-refractivity contribution in [2.75, 3.05) is 30.7 Å². The minimum Gasteiger partial charge on any atom is -0.487 e. The highest BCUT2D eigenvalue weighted by Gasteiger charge is 2.27. The van der Waals surface area contributed by atoms with E-state index >= 15 is 0 Å². The van der Waals surface area contributed by atoms with Gasteiger partial charge in [-0.05, 0) is 49.4 Å². The number of likely N-dealkylation sites (N-methyl/N-ethyl adjacent to an activating group) is 1. The van der Waals surface area contributed by atoms with Crippen LogP contribution in [0.25, 0.3) is 5.82 Å². The van der Waals surface area contributed by atoms with E-state index in [0.717, 1.165) is 36.6 Å². The highest BCUT2D eigenvalue weighted by Crippen LogP contribution is 2.26. The summed E-state index contributed by atoms with van der Waals surface area (Å²) in [6, 6.07) is 11.2. The fourth-order valence-electron chi connectivity index (χ4n) is 3.95. The molecule has 0 radical (unpaired) electrons. The van der Waals surface area contributed by atoms with Gasteiger partial charge in [-0.25, -0.2) is 19.3 Å². The molecule has 0 bridgehead atoms. The summed E-state index contributed by atoms with van der Waals surface area (Å²) in [4.78, 5) is 24.0. The summed E-state index contributed by atoms with van der Waals surface area (Å²) in [6.07, 6.45) is 4.93. The molecular weight excluding hydrogens is 442 g/mol. The number of anilines is 2. The number of ether oxygens (including phenoxy) is 1. The molecule has 0 saturated carbocycles. The molecule has 182 valence electrons. The van der Waals surface area contributed by atoms with Crippen molar-refractivity contribution in [1.29, 1.82) is 0 Å². The maximum Gasteiger partial charge on any atom is 0.278 e. The van der Waals surface area contributed by atoms with Gasteiger partial charge in [0.25, 0.3) is 5.56 Å². The molecule has 0 atom stereocenters. The second-order valence-electron chi connectivity index (χ2n) is 8.38. The summed E-state index contributed by atoms with van der Waals surface area (Å²) in [5.41, 5.74) is 8.13. The monoisotopic (exact) mass is 473 g/mol. The van der Waals surface area contributed by atoms with E-state index in [2.05, 4.69) is 40.3 Å². The standard InChI is InChI=1S/C26H31N7O2/c1-5-13-32-26(34)22(25(27)33(32)24-9-7-8-12-28-24)15-29-19(4)30-20-10-11-23(18(3)14-20)35-21-16-31(6-2)17-21/h5,7-12,14-15,21,30H,1,4,6,13,16-17,27H2,2-3H3. The number of hydrogen-bond acceptors (Lipinski definition) is 7. The van der Waals surface area contributed by atoms with E-state index in [-0.39, 0.29) is 29.6 Å². The van der Waals surface area contributed by atoms with Gasteiger partial charge in [-0.2, -0.15) is 0 Å². The number of benzene rings is 1. The van der Waals surface area contributed by atoms with Crippen LogP contribution in [0, 0.1) is 6.92 Å². The molecule has 1 aliphatic heterocycles. The number of aliphatic imine (C=N–C) groups is 1. The molecule has 3 heterocycles. The van der Waals surface area contributed by atoms with E-state index in [9.17, 15) is 4.79 Å². The Kier molecular flexibility index (Phi) is 7.17. The van der Waals surface area contributed by atoms with Crippen LogP contribution in [0.4, 0.5) is 11.5 Å². The van der Waals surface area contributed by atoms with Crippen molar-refractivity contribution in [3.8, 4) is 11.6 Å². The first-order valence-electron chi connectivity index (χ1n) is 11.5. The minimum absolute atomic E-state index is 0.237. The molecule has 0 unspecified atom stereocenters. The van der Waals surface area contributed by atoms with E-state index < -0.39 is 0 Å². The average molecular weight is 474 g/mol. The van der Waals surface area contributed by atoms with Crippen molar-refractivity contribution >= 4 is 17.7 Å². The lowest BCUT2D eigenvalue weighted by molar-refractivity contribution is 0.0234. The zero-order valence-corrected chi connectivity index (χ0v) is 20.1. The topological polar surface area (TPSA) is 103 Å². The number of likely N-dealkylation sites (tertiary alicyclic amines) is 1. The van der Waals surface area contributed by atoms with Gasteiger partial charge in [0.1, 0.15) is 29.1 Å². The number of hydrogen-bond donors (Lipinski definition) is 2. The molecule has 1 aromatic carbocycles. The molecule has 0 amide bonds. The second kappa shape index (κ2) is 10.4. The molecule has 1 saturated heterocycles. The van der Waals surface area contributed by atoms with Gasteiger partial charge in [0, 0.05) is 31.2 Å². The van der Waals surface area contributed by atoms with Crippen LogP contribution in [0.15, 0.2) is 77.4 Å². The van der Waals surface area contributed by atoms with Crippen molar-refractivity contribution in [3.05, 3.63) is 89.1 Å². The van der Waals surface area contributed by atoms with Crippen LogP contribution in [0.2, 0.25) is 0 Å². The molecule has 35 heavy (non-hydrogen) atoms. The normalized spacial score (nSPS) is 14.1. The van der Waals surface area contributed by atoms with Crippen LogP contribution in [-0.2, 0) is 6.54 Å². The lowest BCUT2D eigenvalue weighted by Crippen LogP contribution is -2.53. The lowest BCUT2D eigenvalue weighted by atomic mass is 10.1. The molecule has 9 nitrogen and oxygen atoms in total. The van der Waals surface area contributed by atoms with Crippen LogP contribution in [-0.4, -0.2) is 51.2 Å². The van der Waals surface area contributed by atoms with Crippen LogP contribution in [0.5, 0.6) is 5.75 Å². The van der Waals surface area contributed by atoms with Gasteiger partial charge in [0.05, 0.1) is 6.54 Å². The predicted octanol–water partition coefficient (Wildman–Crippen LogP) is 3.20. The van der Waals surface area contributed by atoms with Gasteiger partial charge in [-0.15, -0.1) is 6.58 Å². The Morgan fingerprint density at radius 1 is 1.34 bits per heavy atom. The van der Waals surface area contributed by atoms with Crippen LogP contribution in [0.1, 0.15) is 18.1 Å². The van der Waals surface area contributed by atoms with E-state index in [1.165, 1.54) is 10.9 Å². The first kappa shape index (κ1) is 24.0. The van der Waals surface area contributed by atoms with Gasteiger partial charge in [0.2, 0.25) is 0 Å². The SMILES string of the molecule is C=CCn1c(=O)c(C=NC(=C)Nc2ccc(OC3CN(CC)C3)c(C)c2)c(N)n1-c1ccccn1. The first-order chi connectivity index (χ1) is 16.9. The number of nitrogens with one attached hydrogen (secondary N) is 1. The number of nitrogen functional groups attached to an aromatic ring is 1. The summed E-state index contributed by atoms with van der Waals surface area (Å²) in [5, 5.41) is 3.15. The molecule has 9 heteroatoms. The van der Waals surface area contributed by atoms with Gasteiger partial charge in [-0.3, -0.25) is 9.69 Å². The van der Waals surface area contributed by atoms with Gasteiger partial charge < -0.3 is 15.8 Å². The van der Waals surface area contributed by atoms with Crippen molar-refractivity contribution in [2.45, 2.75) is 26.5 Å². The van der Waals surface area contributed by atoms with Gasteiger partial charge in [-0.1, -0.05) is 25.6 Å². The van der Waals surface area contributed by atoms with Crippen molar-refractivity contribution in [2.24, 2.45) is 4.99 Å². The van der Waals surface area contributed by atoms with Gasteiger partial charge in [0.15, 0.2) is 5.82 Å². The maximum atomic E-state index is 13.0. The average Bonchev–Trinajstić information content (AvgIpc) is 3.05. The molecule has 2 aromatic heterocycles. The minimum atomic E-state index is -0.292. The quantitative estimate of drug-likeness (QED) is 0.346. The molecular formula is C26H31N7O2. The number of allylic oxidation sites excluding steroid dienone is 1. The Labute approximate surface area is 204 Å². The third kappa shape index (κ3) is 5.20. The fourth-order valence-corrected chi connectivity index (χ4v) is 3.95. The molecule has 0 aliphatic carbocycles. The maximum absolute atomic E-state index is 13.0.